The van der Waals surface area contributed by atoms with Gasteiger partial charge in [-0.05, 0) is 19.1 Å². The average Bonchev–Trinajstić information content (AvgIpc) is 2.62. The molecule has 0 heterocycles. The molecule has 2 amide bonds. The number of carbonyl (C=O) groups is 3. The van der Waals surface area contributed by atoms with Crippen molar-refractivity contribution in [1.82, 2.24) is 4.90 Å². The number of carbonyl (C=O) groups excluding carboxylic acids is 3. The van der Waals surface area contributed by atoms with Gasteiger partial charge in [0, 0.05) is 25.3 Å². The van der Waals surface area contributed by atoms with Crippen LogP contribution in [0.3, 0.4) is 0 Å². The zero-order chi connectivity index (χ0) is 20.4. The van der Waals surface area contributed by atoms with Gasteiger partial charge >= 0.3 is 5.97 Å². The zero-order valence-corrected chi connectivity index (χ0v) is 15.8. The number of hydrogen-bond acceptors (Lipinski definition) is 8. The van der Waals surface area contributed by atoms with Gasteiger partial charge in [0.1, 0.15) is 6.54 Å². The van der Waals surface area contributed by atoms with Gasteiger partial charge in [0.25, 0.3) is 5.69 Å². The van der Waals surface area contributed by atoms with Gasteiger partial charge in [-0.2, -0.15) is 0 Å². The van der Waals surface area contributed by atoms with Crippen molar-refractivity contribution in [2.75, 3.05) is 39.2 Å². The summed E-state index contributed by atoms with van der Waals surface area (Å²) < 4.78 is 9.76. The number of amides is 2. The predicted molar refractivity (Wildman–Crippen MR) is 97.4 cm³/mol. The minimum Gasteiger partial charge on any atom is -0.465 e. The van der Waals surface area contributed by atoms with Gasteiger partial charge < -0.3 is 20.1 Å². The van der Waals surface area contributed by atoms with Gasteiger partial charge in [-0.15, -0.1) is 11.8 Å². The van der Waals surface area contributed by atoms with Gasteiger partial charge in [0.15, 0.2) is 0 Å². The van der Waals surface area contributed by atoms with Crippen LogP contribution in [-0.2, 0) is 19.1 Å². The number of thioether (sulfide) groups is 1. The fraction of sp³-hybridized carbons (Fsp3) is 0.438. The van der Waals surface area contributed by atoms with Gasteiger partial charge in [-0.25, -0.2) is 0 Å². The molecule has 27 heavy (non-hydrogen) atoms. The van der Waals surface area contributed by atoms with Crippen LogP contribution in [0.25, 0.3) is 0 Å². The molecule has 0 aromatic heterocycles. The molecule has 10 nitrogen and oxygen atoms in total. The van der Waals surface area contributed by atoms with Gasteiger partial charge in [0.05, 0.1) is 28.8 Å². The molecule has 0 saturated carbocycles. The van der Waals surface area contributed by atoms with Crippen LogP contribution in [0, 0.1) is 10.1 Å². The van der Waals surface area contributed by atoms with Gasteiger partial charge in [-0.1, -0.05) is 0 Å². The second-order valence-electron chi connectivity index (χ2n) is 5.21. The third kappa shape index (κ3) is 7.23. The van der Waals surface area contributed by atoms with Crippen LogP contribution in [0.2, 0.25) is 0 Å². The van der Waals surface area contributed by atoms with Crippen molar-refractivity contribution in [1.29, 1.82) is 0 Å². The van der Waals surface area contributed by atoms with Crippen molar-refractivity contribution >= 4 is 35.2 Å². The number of hydrogen-bond donors (Lipinski definition) is 1. The van der Waals surface area contributed by atoms with E-state index in [0.29, 0.717) is 0 Å². The molecule has 11 heteroatoms. The molecule has 148 valence electrons. The highest BCUT2D eigenvalue weighted by Crippen LogP contribution is 2.30. The molecule has 0 radical (unpaired) electrons. The maximum absolute atomic E-state index is 12.4. The fourth-order valence-electron chi connectivity index (χ4n) is 2.02. The summed E-state index contributed by atoms with van der Waals surface area (Å²) in [7, 11) is 1.46. The van der Waals surface area contributed by atoms with E-state index in [2.05, 4.69) is 0 Å². The summed E-state index contributed by atoms with van der Waals surface area (Å²) in [6.07, 6.45) is 0. The number of nitro groups is 1. The van der Waals surface area contributed by atoms with Gasteiger partial charge in [-0.3, -0.25) is 24.5 Å². The number of primary amides is 1. The van der Waals surface area contributed by atoms with E-state index < -0.39 is 22.7 Å². The Bertz CT molecular complexity index is 711. The van der Waals surface area contributed by atoms with E-state index in [1.807, 2.05) is 0 Å². The largest absolute Gasteiger partial charge is 0.465 e. The lowest BCUT2D eigenvalue weighted by atomic mass is 10.2. The first kappa shape index (κ1) is 22.4. The van der Waals surface area contributed by atoms with Crippen LogP contribution in [-0.4, -0.2) is 66.8 Å². The lowest BCUT2D eigenvalue weighted by Gasteiger charge is -2.21. The molecule has 0 aliphatic heterocycles. The Balaban J connectivity index is 2.86. The maximum Gasteiger partial charge on any atom is 0.325 e. The number of nitro benzene ring substituents is 1. The summed E-state index contributed by atoms with van der Waals surface area (Å²) in [4.78, 5) is 47.3. The van der Waals surface area contributed by atoms with E-state index in [1.165, 1.54) is 24.1 Å². The Morgan fingerprint density at radius 2 is 2.04 bits per heavy atom. The first-order valence-electron chi connectivity index (χ1n) is 7.93. The minimum atomic E-state index is -0.786. The summed E-state index contributed by atoms with van der Waals surface area (Å²) in [6, 6.07) is 3.78. The zero-order valence-electron chi connectivity index (χ0n) is 15.0. The van der Waals surface area contributed by atoms with E-state index in [-0.39, 0.29) is 48.2 Å². The van der Waals surface area contributed by atoms with Crippen LogP contribution in [0.4, 0.5) is 5.69 Å². The van der Waals surface area contributed by atoms with Gasteiger partial charge in [0.2, 0.25) is 11.8 Å². The number of nitrogens with two attached hydrogens (primary N) is 1. The first-order chi connectivity index (χ1) is 12.8. The highest BCUT2D eigenvalue weighted by molar-refractivity contribution is 8.00. The van der Waals surface area contributed by atoms with Crippen LogP contribution >= 0.6 is 11.8 Å². The Kier molecular flexibility index (Phi) is 9.23. The van der Waals surface area contributed by atoms with Crippen LogP contribution in [0.5, 0.6) is 0 Å². The molecule has 0 spiro atoms. The van der Waals surface area contributed by atoms with E-state index in [0.717, 1.165) is 17.8 Å². The van der Waals surface area contributed by atoms with Crippen LogP contribution in [0.1, 0.15) is 17.3 Å². The van der Waals surface area contributed by atoms with E-state index in [4.69, 9.17) is 15.2 Å². The highest BCUT2D eigenvalue weighted by Gasteiger charge is 2.21. The van der Waals surface area contributed by atoms with Crippen molar-refractivity contribution in [2.24, 2.45) is 5.73 Å². The molecular weight excluding hydrogens is 378 g/mol. The molecule has 0 bridgehead atoms. The Hall–Kier alpha value is -2.66. The van der Waals surface area contributed by atoms with Crippen molar-refractivity contribution in [3.8, 4) is 0 Å². The number of methoxy groups -OCH3 is 1. The topological polar surface area (TPSA) is 142 Å². The maximum atomic E-state index is 12.4. The molecule has 0 aliphatic carbocycles. The Morgan fingerprint density at radius 3 is 2.59 bits per heavy atom. The van der Waals surface area contributed by atoms with E-state index >= 15 is 0 Å². The summed E-state index contributed by atoms with van der Waals surface area (Å²) in [5.41, 5.74) is 4.81. The molecule has 0 saturated heterocycles. The summed E-state index contributed by atoms with van der Waals surface area (Å²) in [5, 5.41) is 11.2. The SMILES string of the molecule is CCOC(=O)CN(CCOC)C(=O)CSc1ccc(C(N)=O)cc1[N+](=O)[O-]. The molecule has 1 rings (SSSR count). The number of benzene rings is 1. The lowest BCUT2D eigenvalue weighted by molar-refractivity contribution is -0.387. The molecule has 1 aromatic rings. The van der Waals surface area contributed by atoms with Crippen molar-refractivity contribution in [3.05, 3.63) is 33.9 Å². The smallest absolute Gasteiger partial charge is 0.325 e. The molecular formula is C16H21N3O7S. The number of nitrogens with zero attached hydrogens (tertiary/aromatic N) is 2. The number of ether oxygens (including phenoxy) is 2. The standard InChI is InChI=1S/C16H21N3O7S/c1-3-26-15(21)9-18(6-7-25-2)14(20)10-27-13-5-4-11(16(17)22)8-12(13)19(23)24/h4-5,8H,3,6-7,9-10H2,1-2H3,(H2,17,22). The summed E-state index contributed by atoms with van der Waals surface area (Å²) in [5.74, 6) is -1.88. The molecule has 0 aliphatic rings. The monoisotopic (exact) mass is 399 g/mol. The van der Waals surface area contributed by atoms with E-state index in [9.17, 15) is 24.5 Å². The number of rotatable bonds is 11. The minimum absolute atomic E-state index is 0.00130. The molecule has 2 N–H and O–H groups in total. The molecule has 0 fully saturated rings. The third-order valence-corrected chi connectivity index (χ3v) is 4.38. The Labute approximate surface area is 160 Å². The fourth-order valence-corrected chi connectivity index (χ4v) is 2.93. The average molecular weight is 399 g/mol. The second-order valence-corrected chi connectivity index (χ2v) is 6.22. The Morgan fingerprint density at radius 1 is 1.33 bits per heavy atom. The van der Waals surface area contributed by atoms with Crippen LogP contribution < -0.4 is 5.73 Å². The predicted octanol–water partition coefficient (Wildman–Crippen LogP) is 0.824. The normalized spacial score (nSPS) is 10.3. The number of esters is 1. The quantitative estimate of drug-likeness (QED) is 0.249. The molecule has 0 unspecified atom stereocenters. The third-order valence-electron chi connectivity index (χ3n) is 3.33. The van der Waals surface area contributed by atoms with Crippen LogP contribution in [0.15, 0.2) is 23.1 Å². The van der Waals surface area contributed by atoms with Crippen molar-refractivity contribution in [3.63, 3.8) is 0 Å². The van der Waals surface area contributed by atoms with Crippen molar-refractivity contribution < 1.29 is 28.8 Å². The lowest BCUT2D eigenvalue weighted by Crippen LogP contribution is -2.39. The van der Waals surface area contributed by atoms with Crippen molar-refractivity contribution in [2.45, 2.75) is 11.8 Å². The summed E-state index contributed by atoms with van der Waals surface area (Å²) in [6.45, 7) is 2.02. The second kappa shape index (κ2) is 11.1. The van der Waals surface area contributed by atoms with E-state index in [1.54, 1.807) is 6.92 Å². The summed E-state index contributed by atoms with van der Waals surface area (Å²) >= 11 is 0.928. The molecule has 1 aromatic carbocycles. The first-order valence-corrected chi connectivity index (χ1v) is 8.92. The molecule has 0 atom stereocenters. The highest BCUT2D eigenvalue weighted by atomic mass is 32.2.